The lowest BCUT2D eigenvalue weighted by atomic mass is 10.0. The second kappa shape index (κ2) is 46.0. The zero-order valence-corrected chi connectivity index (χ0v) is 36.5. The van der Waals surface area contributed by atoms with E-state index in [1.54, 1.807) is 6.08 Å². The van der Waals surface area contributed by atoms with Crippen molar-refractivity contribution in [2.24, 2.45) is 0 Å². The van der Waals surface area contributed by atoms with Crippen LogP contribution in [0.5, 0.6) is 0 Å². The highest BCUT2D eigenvalue weighted by atomic mass is 16.3. The molecule has 4 heteroatoms. The van der Waals surface area contributed by atoms with Gasteiger partial charge in [-0.15, -0.1) is 0 Å². The van der Waals surface area contributed by atoms with Gasteiger partial charge in [0.05, 0.1) is 18.8 Å². The van der Waals surface area contributed by atoms with Gasteiger partial charge in [-0.1, -0.05) is 249 Å². The predicted octanol–water partition coefficient (Wildman–Crippen LogP) is 15.4. The first kappa shape index (κ1) is 52.6. The van der Waals surface area contributed by atoms with Gasteiger partial charge >= 0.3 is 0 Å². The van der Waals surface area contributed by atoms with Crippen molar-refractivity contribution >= 4 is 5.91 Å². The predicted molar refractivity (Wildman–Crippen MR) is 239 cm³/mol. The second-order valence-corrected chi connectivity index (χ2v) is 16.5. The first-order chi connectivity index (χ1) is 26.7. The average Bonchev–Trinajstić information content (AvgIpc) is 3.18. The first-order valence-corrected chi connectivity index (χ1v) is 24.2. The highest BCUT2D eigenvalue weighted by Gasteiger charge is 2.17. The normalized spacial score (nSPS) is 13.2. The van der Waals surface area contributed by atoms with E-state index in [1.807, 2.05) is 6.08 Å². The summed E-state index contributed by atoms with van der Waals surface area (Å²) >= 11 is 0. The summed E-state index contributed by atoms with van der Waals surface area (Å²) in [5.74, 6) is -0.0761. The molecule has 0 aliphatic rings. The van der Waals surface area contributed by atoms with Crippen LogP contribution in [0.15, 0.2) is 36.5 Å². The molecule has 318 valence electrons. The molecule has 0 aromatic rings. The molecule has 0 aliphatic heterocycles. The van der Waals surface area contributed by atoms with Gasteiger partial charge < -0.3 is 15.5 Å². The smallest absolute Gasteiger partial charge is 0.220 e. The number of carbonyl (C=O) groups is 1. The Hall–Kier alpha value is -1.39. The quantitative estimate of drug-likeness (QED) is 0.0428. The molecule has 54 heavy (non-hydrogen) atoms. The number of carbonyl (C=O) groups excluding carboxylic acids is 1. The van der Waals surface area contributed by atoms with E-state index in [2.05, 4.69) is 43.5 Å². The van der Waals surface area contributed by atoms with Crippen LogP contribution in [0.25, 0.3) is 0 Å². The third-order valence-electron chi connectivity index (χ3n) is 11.1. The molecule has 3 N–H and O–H groups in total. The third-order valence-corrected chi connectivity index (χ3v) is 11.1. The zero-order chi connectivity index (χ0) is 39.3. The van der Waals surface area contributed by atoms with Crippen LogP contribution in [0.2, 0.25) is 0 Å². The topological polar surface area (TPSA) is 69.6 Å². The van der Waals surface area contributed by atoms with Crippen LogP contribution in [-0.2, 0) is 4.79 Å². The molecular weight excluding hydrogens is 663 g/mol. The number of aliphatic hydroxyl groups is 2. The number of aliphatic hydroxyl groups excluding tert-OH is 2. The molecule has 0 aliphatic carbocycles. The van der Waals surface area contributed by atoms with Gasteiger partial charge in [0, 0.05) is 6.42 Å². The Labute approximate surface area is 338 Å². The molecule has 0 bridgehead atoms. The number of amides is 1. The molecule has 0 saturated carbocycles. The monoisotopic (exact) mass is 758 g/mol. The number of hydrogen-bond donors (Lipinski definition) is 3. The Balaban J connectivity index is 3.41. The van der Waals surface area contributed by atoms with Crippen molar-refractivity contribution in [3.8, 4) is 0 Å². The van der Waals surface area contributed by atoms with Gasteiger partial charge in [-0.05, 0) is 38.5 Å². The van der Waals surface area contributed by atoms with Crippen molar-refractivity contribution in [2.45, 2.75) is 270 Å². The van der Waals surface area contributed by atoms with Gasteiger partial charge in [-0.3, -0.25) is 4.79 Å². The van der Waals surface area contributed by atoms with E-state index in [0.717, 1.165) is 44.9 Å². The maximum atomic E-state index is 12.4. The van der Waals surface area contributed by atoms with Crippen LogP contribution < -0.4 is 5.32 Å². The molecule has 0 fully saturated rings. The molecular formula is C50H95NO3. The summed E-state index contributed by atoms with van der Waals surface area (Å²) in [5, 5.41) is 22.9. The summed E-state index contributed by atoms with van der Waals surface area (Å²) in [6.45, 7) is 4.23. The molecule has 2 atom stereocenters. The van der Waals surface area contributed by atoms with Crippen LogP contribution in [-0.4, -0.2) is 34.9 Å². The lowest BCUT2D eigenvalue weighted by Gasteiger charge is -2.19. The highest BCUT2D eigenvalue weighted by Crippen LogP contribution is 2.17. The van der Waals surface area contributed by atoms with Gasteiger partial charge in [0.25, 0.3) is 0 Å². The van der Waals surface area contributed by atoms with Crippen molar-refractivity contribution in [1.29, 1.82) is 0 Å². The maximum Gasteiger partial charge on any atom is 0.220 e. The molecule has 2 unspecified atom stereocenters. The Morgan fingerprint density at radius 1 is 0.426 bits per heavy atom. The SMILES string of the molecule is CCC/C=C/CC/C=C/CC/C=C/C(O)C(CO)NC(=O)CCCCCCCCCCCCCCCCCCCCCCCCCCCCCCCCC. The molecule has 0 aromatic carbocycles. The van der Waals surface area contributed by atoms with Crippen molar-refractivity contribution in [3.05, 3.63) is 36.5 Å². The molecule has 0 radical (unpaired) electrons. The molecule has 0 heterocycles. The van der Waals surface area contributed by atoms with Gasteiger partial charge in [0.1, 0.15) is 0 Å². The third kappa shape index (κ3) is 41.8. The van der Waals surface area contributed by atoms with Crippen molar-refractivity contribution < 1.29 is 15.0 Å². The minimum Gasteiger partial charge on any atom is -0.394 e. The Bertz CT molecular complexity index is 821. The summed E-state index contributed by atoms with van der Waals surface area (Å²) in [6, 6.07) is -0.641. The summed E-state index contributed by atoms with van der Waals surface area (Å²) in [5.41, 5.74) is 0. The van der Waals surface area contributed by atoms with E-state index in [4.69, 9.17) is 0 Å². The summed E-state index contributed by atoms with van der Waals surface area (Å²) in [7, 11) is 0. The minimum absolute atomic E-state index is 0.0761. The lowest BCUT2D eigenvalue weighted by Crippen LogP contribution is -2.45. The van der Waals surface area contributed by atoms with Gasteiger partial charge in [0.2, 0.25) is 5.91 Å². The summed E-state index contributed by atoms with van der Waals surface area (Å²) in [4.78, 5) is 12.4. The van der Waals surface area contributed by atoms with Gasteiger partial charge in [-0.25, -0.2) is 0 Å². The van der Waals surface area contributed by atoms with E-state index >= 15 is 0 Å². The van der Waals surface area contributed by atoms with E-state index in [1.165, 1.54) is 193 Å². The first-order valence-electron chi connectivity index (χ1n) is 24.2. The van der Waals surface area contributed by atoms with Crippen LogP contribution in [0.4, 0.5) is 0 Å². The van der Waals surface area contributed by atoms with E-state index in [9.17, 15) is 15.0 Å². The minimum atomic E-state index is -0.866. The van der Waals surface area contributed by atoms with E-state index in [0.29, 0.717) is 6.42 Å². The lowest BCUT2D eigenvalue weighted by molar-refractivity contribution is -0.123. The maximum absolute atomic E-state index is 12.4. The molecule has 0 rings (SSSR count). The number of unbranched alkanes of at least 4 members (excludes halogenated alkanes) is 33. The van der Waals surface area contributed by atoms with Crippen LogP contribution in [0.3, 0.4) is 0 Å². The second-order valence-electron chi connectivity index (χ2n) is 16.5. The summed E-state index contributed by atoms with van der Waals surface area (Å²) < 4.78 is 0. The van der Waals surface area contributed by atoms with Crippen molar-refractivity contribution in [2.75, 3.05) is 6.61 Å². The van der Waals surface area contributed by atoms with Crippen LogP contribution >= 0.6 is 0 Å². The zero-order valence-electron chi connectivity index (χ0n) is 36.5. The van der Waals surface area contributed by atoms with Gasteiger partial charge in [0.15, 0.2) is 0 Å². The van der Waals surface area contributed by atoms with Gasteiger partial charge in [-0.2, -0.15) is 0 Å². The molecule has 0 saturated heterocycles. The van der Waals surface area contributed by atoms with E-state index in [-0.39, 0.29) is 12.5 Å². The molecule has 0 aromatic heterocycles. The molecule has 4 nitrogen and oxygen atoms in total. The number of nitrogens with one attached hydrogen (secondary N) is 1. The highest BCUT2D eigenvalue weighted by molar-refractivity contribution is 5.76. The van der Waals surface area contributed by atoms with Crippen LogP contribution in [0.1, 0.15) is 258 Å². The van der Waals surface area contributed by atoms with Crippen molar-refractivity contribution in [1.82, 2.24) is 5.32 Å². The Kier molecular flexibility index (Phi) is 44.8. The fourth-order valence-electron chi connectivity index (χ4n) is 7.40. The number of hydrogen-bond acceptors (Lipinski definition) is 3. The van der Waals surface area contributed by atoms with Crippen LogP contribution in [0, 0.1) is 0 Å². The fourth-order valence-corrected chi connectivity index (χ4v) is 7.40. The molecule has 0 spiro atoms. The Morgan fingerprint density at radius 3 is 1.04 bits per heavy atom. The Morgan fingerprint density at radius 2 is 0.722 bits per heavy atom. The summed E-state index contributed by atoms with van der Waals surface area (Å²) in [6.07, 6.45) is 61.5. The van der Waals surface area contributed by atoms with E-state index < -0.39 is 12.1 Å². The largest absolute Gasteiger partial charge is 0.394 e. The fraction of sp³-hybridized carbons (Fsp3) is 0.860. The molecule has 1 amide bonds. The average molecular weight is 758 g/mol. The van der Waals surface area contributed by atoms with Crippen molar-refractivity contribution in [3.63, 3.8) is 0 Å². The standard InChI is InChI=1S/C50H95NO3/c1-3-5-7-9-11-13-15-16-17-18-19-20-21-22-23-24-25-26-27-28-29-30-31-32-33-34-36-38-40-42-44-46-50(54)51-48(47-52)49(53)45-43-41-39-37-35-14-12-10-8-6-4-2/h8,10,35,37,43,45,48-49,52-53H,3-7,9,11-34,36,38-42,44,46-47H2,1-2H3,(H,51,54)/b10-8+,37-35+,45-43+. The number of allylic oxidation sites excluding steroid dienone is 5. The number of rotatable bonds is 44.